The van der Waals surface area contributed by atoms with E-state index in [1.165, 1.54) is 0 Å². The number of hydrogen-bond acceptors (Lipinski definition) is 4. The first kappa shape index (κ1) is 17.2. The Hall–Kier alpha value is -1.85. The minimum atomic E-state index is -0.625. The fraction of sp³-hybridized carbons (Fsp3) is 0.667. The third-order valence-electron chi connectivity index (χ3n) is 2.80. The molecule has 0 aliphatic rings. The Kier molecular flexibility index (Phi) is 5.93. The largest absolute Gasteiger partial charge is 0.458 e. The average Bonchev–Trinajstić information content (AvgIpc) is 2.83. The van der Waals surface area contributed by atoms with Gasteiger partial charge in [-0.15, -0.1) is 0 Å². The quantitative estimate of drug-likeness (QED) is 0.812. The average molecular weight is 295 g/mol. The molecule has 1 N–H and O–H groups in total. The number of amides is 1. The first-order chi connectivity index (χ1) is 9.69. The molecule has 1 rings (SSSR count). The summed E-state index contributed by atoms with van der Waals surface area (Å²) in [6.07, 6.45) is 5.40. The van der Waals surface area contributed by atoms with E-state index in [0.29, 0.717) is 13.0 Å². The van der Waals surface area contributed by atoms with Crippen molar-refractivity contribution in [3.63, 3.8) is 0 Å². The smallest absolute Gasteiger partial charge is 0.329 e. The van der Waals surface area contributed by atoms with Crippen LogP contribution in [0.2, 0.25) is 0 Å². The van der Waals surface area contributed by atoms with Gasteiger partial charge in [0, 0.05) is 25.4 Å². The van der Waals surface area contributed by atoms with Gasteiger partial charge >= 0.3 is 5.97 Å². The van der Waals surface area contributed by atoms with Crippen LogP contribution in [0, 0.1) is 5.92 Å². The molecule has 0 saturated carbocycles. The van der Waals surface area contributed by atoms with Crippen LogP contribution in [0.25, 0.3) is 0 Å². The third kappa shape index (κ3) is 6.42. The number of hydrogen-bond donors (Lipinski definition) is 1. The minimum absolute atomic E-state index is 0.0305. The van der Waals surface area contributed by atoms with E-state index >= 15 is 0 Å². The Labute approximate surface area is 125 Å². The standard InChI is InChI=1S/C15H25N3O3/c1-11(2)13(14(20)21-15(3,4)5)17-12(19)6-8-18-9-7-16-10-18/h7,9-11,13H,6,8H2,1-5H3,(H,17,19)/t13-/m0/s1. The number of imidazole rings is 1. The highest BCUT2D eigenvalue weighted by molar-refractivity contribution is 5.84. The van der Waals surface area contributed by atoms with Gasteiger partial charge in [-0.1, -0.05) is 13.8 Å². The number of aryl methyl sites for hydroxylation is 1. The Morgan fingerprint density at radius 3 is 2.48 bits per heavy atom. The monoisotopic (exact) mass is 295 g/mol. The maximum absolute atomic E-state index is 12.1. The lowest BCUT2D eigenvalue weighted by molar-refractivity contribution is -0.160. The SMILES string of the molecule is CC(C)[C@H](NC(=O)CCn1ccnc1)C(=O)OC(C)(C)C. The molecule has 0 saturated heterocycles. The lowest BCUT2D eigenvalue weighted by atomic mass is 10.0. The molecule has 0 aliphatic carbocycles. The van der Waals surface area contributed by atoms with Crippen LogP contribution < -0.4 is 5.32 Å². The van der Waals surface area contributed by atoms with E-state index in [2.05, 4.69) is 10.3 Å². The Bertz CT molecular complexity index is 461. The van der Waals surface area contributed by atoms with Gasteiger partial charge in [-0.05, 0) is 26.7 Å². The van der Waals surface area contributed by atoms with Crippen molar-refractivity contribution < 1.29 is 14.3 Å². The second kappa shape index (κ2) is 7.24. The number of esters is 1. The van der Waals surface area contributed by atoms with Gasteiger partial charge in [0.1, 0.15) is 11.6 Å². The molecule has 0 fully saturated rings. The highest BCUT2D eigenvalue weighted by Crippen LogP contribution is 2.12. The number of ether oxygens (including phenoxy) is 1. The summed E-state index contributed by atoms with van der Waals surface area (Å²) in [4.78, 5) is 28.0. The summed E-state index contributed by atoms with van der Waals surface area (Å²) in [5.74, 6) is -0.598. The van der Waals surface area contributed by atoms with Crippen molar-refractivity contribution in [3.05, 3.63) is 18.7 Å². The van der Waals surface area contributed by atoms with E-state index in [9.17, 15) is 9.59 Å². The normalized spacial score (nSPS) is 13.0. The predicted molar refractivity (Wildman–Crippen MR) is 79.5 cm³/mol. The number of carbonyl (C=O) groups is 2. The molecular weight excluding hydrogens is 270 g/mol. The van der Waals surface area contributed by atoms with E-state index in [4.69, 9.17) is 4.74 Å². The molecule has 1 heterocycles. The molecule has 1 aromatic heterocycles. The summed E-state index contributed by atoms with van der Waals surface area (Å²) >= 11 is 0. The van der Waals surface area contributed by atoms with Crippen LogP contribution in [0.4, 0.5) is 0 Å². The zero-order chi connectivity index (χ0) is 16.0. The number of aromatic nitrogens is 2. The van der Waals surface area contributed by atoms with Crippen molar-refractivity contribution in [3.8, 4) is 0 Å². The zero-order valence-electron chi connectivity index (χ0n) is 13.4. The Morgan fingerprint density at radius 2 is 2.00 bits per heavy atom. The van der Waals surface area contributed by atoms with Crippen LogP contribution in [0.5, 0.6) is 0 Å². The van der Waals surface area contributed by atoms with E-state index in [1.54, 1.807) is 18.7 Å². The van der Waals surface area contributed by atoms with Crippen molar-refractivity contribution in [2.45, 2.75) is 59.2 Å². The minimum Gasteiger partial charge on any atom is -0.458 e. The Balaban J connectivity index is 2.53. The fourth-order valence-electron chi connectivity index (χ4n) is 1.76. The summed E-state index contributed by atoms with van der Waals surface area (Å²) in [7, 11) is 0. The van der Waals surface area contributed by atoms with E-state index in [-0.39, 0.29) is 11.8 Å². The summed E-state index contributed by atoms with van der Waals surface area (Å²) in [5, 5.41) is 2.75. The van der Waals surface area contributed by atoms with Crippen LogP contribution in [0.3, 0.4) is 0 Å². The summed E-state index contributed by atoms with van der Waals surface area (Å²) < 4.78 is 7.16. The number of nitrogens with zero attached hydrogens (tertiary/aromatic N) is 2. The van der Waals surface area contributed by atoms with E-state index in [0.717, 1.165) is 0 Å². The molecule has 118 valence electrons. The number of rotatable bonds is 6. The molecular formula is C15H25N3O3. The maximum atomic E-state index is 12.1. The molecule has 0 spiro atoms. The molecule has 1 amide bonds. The molecule has 0 aliphatic heterocycles. The lowest BCUT2D eigenvalue weighted by Gasteiger charge is -2.26. The maximum Gasteiger partial charge on any atom is 0.329 e. The molecule has 0 unspecified atom stereocenters. The van der Waals surface area contributed by atoms with Gasteiger partial charge in [0.25, 0.3) is 0 Å². The third-order valence-corrected chi connectivity index (χ3v) is 2.80. The van der Waals surface area contributed by atoms with Gasteiger partial charge in [0.2, 0.25) is 5.91 Å². The van der Waals surface area contributed by atoms with Crippen molar-refractivity contribution in [1.29, 1.82) is 0 Å². The van der Waals surface area contributed by atoms with Crippen LogP contribution >= 0.6 is 0 Å². The number of carbonyl (C=O) groups excluding carboxylic acids is 2. The van der Waals surface area contributed by atoms with Crippen LogP contribution in [-0.2, 0) is 20.9 Å². The highest BCUT2D eigenvalue weighted by atomic mass is 16.6. The van der Waals surface area contributed by atoms with Gasteiger partial charge in [0.05, 0.1) is 6.33 Å². The van der Waals surface area contributed by atoms with Crippen molar-refractivity contribution in [2.75, 3.05) is 0 Å². The van der Waals surface area contributed by atoms with Gasteiger partial charge in [-0.25, -0.2) is 9.78 Å². The van der Waals surface area contributed by atoms with E-state index in [1.807, 2.05) is 39.2 Å². The summed E-state index contributed by atoms with van der Waals surface area (Å²) in [6.45, 7) is 9.72. The molecule has 21 heavy (non-hydrogen) atoms. The first-order valence-electron chi connectivity index (χ1n) is 7.17. The molecule has 0 aromatic carbocycles. The summed E-state index contributed by atoms with van der Waals surface area (Å²) in [5.41, 5.74) is -0.564. The van der Waals surface area contributed by atoms with Crippen LogP contribution in [0.1, 0.15) is 41.0 Å². The molecule has 1 atom stereocenters. The fourth-order valence-corrected chi connectivity index (χ4v) is 1.76. The predicted octanol–water partition coefficient (Wildman–Crippen LogP) is 1.76. The van der Waals surface area contributed by atoms with Crippen LogP contribution in [0.15, 0.2) is 18.7 Å². The second-order valence-electron chi connectivity index (χ2n) is 6.37. The molecule has 0 bridgehead atoms. The van der Waals surface area contributed by atoms with Gasteiger partial charge < -0.3 is 14.6 Å². The van der Waals surface area contributed by atoms with Crippen molar-refractivity contribution >= 4 is 11.9 Å². The summed E-state index contributed by atoms with van der Waals surface area (Å²) in [6, 6.07) is -0.625. The van der Waals surface area contributed by atoms with E-state index < -0.39 is 17.6 Å². The molecule has 1 aromatic rings. The Morgan fingerprint density at radius 1 is 1.33 bits per heavy atom. The van der Waals surface area contributed by atoms with Gasteiger partial charge in [-0.3, -0.25) is 4.79 Å². The highest BCUT2D eigenvalue weighted by Gasteiger charge is 2.28. The molecule has 6 heteroatoms. The topological polar surface area (TPSA) is 73.2 Å². The van der Waals surface area contributed by atoms with Crippen molar-refractivity contribution in [2.24, 2.45) is 5.92 Å². The van der Waals surface area contributed by atoms with Gasteiger partial charge in [0.15, 0.2) is 0 Å². The van der Waals surface area contributed by atoms with Gasteiger partial charge in [-0.2, -0.15) is 0 Å². The number of nitrogens with one attached hydrogen (secondary N) is 1. The van der Waals surface area contributed by atoms with Crippen LogP contribution in [-0.4, -0.2) is 33.1 Å². The zero-order valence-corrected chi connectivity index (χ0v) is 13.4. The lowest BCUT2D eigenvalue weighted by Crippen LogP contribution is -2.47. The first-order valence-corrected chi connectivity index (χ1v) is 7.17. The molecule has 0 radical (unpaired) electrons. The molecule has 6 nitrogen and oxygen atoms in total. The second-order valence-corrected chi connectivity index (χ2v) is 6.37. The van der Waals surface area contributed by atoms with Crippen molar-refractivity contribution in [1.82, 2.24) is 14.9 Å².